The summed E-state index contributed by atoms with van der Waals surface area (Å²) in [6.07, 6.45) is -8.85. The lowest BCUT2D eigenvalue weighted by atomic mass is 9.98. The number of rotatable bonds is 7. The van der Waals surface area contributed by atoms with E-state index in [1.807, 2.05) is 11.0 Å². The van der Waals surface area contributed by atoms with Gasteiger partial charge in [-0.3, -0.25) is 14.5 Å². The molecule has 1 aliphatic rings. The molecule has 4 rings (SSSR count). The number of amides is 2. The predicted octanol–water partition coefficient (Wildman–Crippen LogP) is 6.22. The Balaban J connectivity index is 0.00000462. The fourth-order valence-electron chi connectivity index (χ4n) is 4.73. The number of halogens is 6. The number of nitrogens with one attached hydrogen (secondary N) is 2. The molecular formula is C29H29F6N3O2. The lowest BCUT2D eigenvalue weighted by Crippen LogP contribution is -2.48. The first-order valence-electron chi connectivity index (χ1n) is 12.6. The summed E-state index contributed by atoms with van der Waals surface area (Å²) in [5.41, 5.74) is -2.03. The lowest BCUT2D eigenvalue weighted by molar-refractivity contribution is -0.143. The average molecular weight is 566 g/mol. The Morgan fingerprint density at radius 1 is 0.825 bits per heavy atom. The minimum absolute atomic E-state index is 0. The van der Waals surface area contributed by atoms with Crippen LogP contribution in [-0.2, 0) is 23.7 Å². The highest BCUT2D eigenvalue weighted by Gasteiger charge is 2.37. The molecule has 2 amide bonds. The fourth-order valence-corrected chi connectivity index (χ4v) is 4.73. The molecule has 5 nitrogen and oxygen atoms in total. The topological polar surface area (TPSA) is 61.4 Å². The van der Waals surface area contributed by atoms with Crippen molar-refractivity contribution in [1.82, 2.24) is 15.5 Å². The van der Waals surface area contributed by atoms with Crippen LogP contribution in [-0.4, -0.2) is 35.8 Å². The minimum Gasteiger partial charge on any atom is -0.350 e. The third kappa shape index (κ3) is 7.41. The Morgan fingerprint density at radius 3 is 1.88 bits per heavy atom. The maximum absolute atomic E-state index is 13.4. The lowest BCUT2D eigenvalue weighted by Gasteiger charge is -2.37. The second-order valence-electron chi connectivity index (χ2n) is 9.59. The van der Waals surface area contributed by atoms with Gasteiger partial charge in [-0.05, 0) is 54.3 Å². The number of nitrogens with zero attached hydrogens (tertiary/aromatic N) is 1. The average Bonchev–Trinajstić information content (AvgIpc) is 2.93. The molecule has 1 saturated heterocycles. The van der Waals surface area contributed by atoms with Crippen molar-refractivity contribution in [1.29, 1.82) is 0 Å². The number of hydrogen-bond acceptors (Lipinski definition) is 3. The SMILES string of the molecule is O=C(NC1CCN(C(C(=O)NCc2cc(C(F)(F)F)cc(C(F)(F)F)c2)c2ccccc2)CC1)c1ccccc1.[HH]. The molecule has 3 aromatic rings. The molecule has 1 heterocycles. The zero-order valence-corrected chi connectivity index (χ0v) is 21.2. The molecule has 1 aliphatic heterocycles. The number of piperidine rings is 1. The van der Waals surface area contributed by atoms with Crippen molar-refractivity contribution < 1.29 is 37.4 Å². The van der Waals surface area contributed by atoms with E-state index in [0.29, 0.717) is 49.2 Å². The highest BCUT2D eigenvalue weighted by Crippen LogP contribution is 2.36. The molecule has 40 heavy (non-hydrogen) atoms. The number of alkyl halides is 6. The van der Waals surface area contributed by atoms with Crippen LogP contribution in [0.3, 0.4) is 0 Å². The maximum Gasteiger partial charge on any atom is 0.416 e. The first-order chi connectivity index (χ1) is 18.9. The molecule has 2 N–H and O–H groups in total. The molecule has 0 spiro atoms. The van der Waals surface area contributed by atoms with Gasteiger partial charge in [-0.25, -0.2) is 0 Å². The molecule has 3 aromatic carbocycles. The quantitative estimate of drug-likeness (QED) is 0.335. The van der Waals surface area contributed by atoms with Crippen molar-refractivity contribution >= 4 is 11.8 Å². The van der Waals surface area contributed by atoms with Crippen LogP contribution in [0, 0.1) is 0 Å². The van der Waals surface area contributed by atoms with Crippen LogP contribution in [0.4, 0.5) is 26.3 Å². The summed E-state index contributed by atoms with van der Waals surface area (Å²) >= 11 is 0. The molecule has 0 bridgehead atoms. The van der Waals surface area contributed by atoms with Crippen LogP contribution in [0.1, 0.15) is 52.9 Å². The second kappa shape index (κ2) is 12.1. The summed E-state index contributed by atoms with van der Waals surface area (Å²) in [6.45, 7) is 0.363. The molecule has 0 saturated carbocycles. The second-order valence-corrected chi connectivity index (χ2v) is 9.59. The van der Waals surface area contributed by atoms with E-state index in [1.165, 1.54) is 0 Å². The molecule has 1 atom stereocenters. The Labute approximate surface area is 228 Å². The van der Waals surface area contributed by atoms with E-state index in [1.54, 1.807) is 54.6 Å². The van der Waals surface area contributed by atoms with Gasteiger partial charge in [-0.15, -0.1) is 0 Å². The fraction of sp³-hybridized carbons (Fsp3) is 0.310. The number of hydrogen-bond donors (Lipinski definition) is 2. The normalized spacial score (nSPS) is 15.8. The van der Waals surface area contributed by atoms with Crippen molar-refractivity contribution in [3.63, 3.8) is 0 Å². The van der Waals surface area contributed by atoms with Crippen LogP contribution >= 0.6 is 0 Å². The summed E-state index contributed by atoms with van der Waals surface area (Å²) < 4.78 is 79.5. The van der Waals surface area contributed by atoms with Crippen LogP contribution in [0.15, 0.2) is 78.9 Å². The van der Waals surface area contributed by atoms with Crippen LogP contribution in [0.25, 0.3) is 0 Å². The van der Waals surface area contributed by atoms with Gasteiger partial charge < -0.3 is 10.6 Å². The molecule has 0 radical (unpaired) electrons. The first kappa shape index (κ1) is 29.1. The third-order valence-electron chi connectivity index (χ3n) is 6.74. The van der Waals surface area contributed by atoms with E-state index in [-0.39, 0.29) is 25.0 Å². The molecule has 1 fully saturated rings. The van der Waals surface area contributed by atoms with Gasteiger partial charge in [0.2, 0.25) is 5.91 Å². The number of likely N-dealkylation sites (tertiary alicyclic amines) is 1. The Kier molecular flexibility index (Phi) is 8.82. The van der Waals surface area contributed by atoms with Gasteiger partial charge in [0, 0.05) is 32.7 Å². The van der Waals surface area contributed by atoms with Gasteiger partial charge in [0.15, 0.2) is 0 Å². The number of carbonyl (C=O) groups is 2. The maximum atomic E-state index is 13.4. The Bertz CT molecular complexity index is 1280. The smallest absolute Gasteiger partial charge is 0.350 e. The van der Waals surface area contributed by atoms with E-state index in [4.69, 9.17) is 0 Å². The Morgan fingerprint density at radius 2 is 1.35 bits per heavy atom. The van der Waals surface area contributed by atoms with Gasteiger partial charge in [0.25, 0.3) is 5.91 Å². The van der Waals surface area contributed by atoms with E-state index in [0.717, 1.165) is 0 Å². The highest BCUT2D eigenvalue weighted by molar-refractivity contribution is 5.94. The Hall–Kier alpha value is -3.86. The van der Waals surface area contributed by atoms with Crippen LogP contribution in [0.2, 0.25) is 0 Å². The number of carbonyl (C=O) groups excluding carboxylic acids is 2. The van der Waals surface area contributed by atoms with Crippen molar-refractivity contribution in [2.24, 2.45) is 0 Å². The monoisotopic (exact) mass is 565 g/mol. The van der Waals surface area contributed by atoms with Crippen molar-refractivity contribution in [3.8, 4) is 0 Å². The van der Waals surface area contributed by atoms with Crippen molar-refractivity contribution in [2.75, 3.05) is 13.1 Å². The van der Waals surface area contributed by atoms with Gasteiger partial charge in [0.05, 0.1) is 11.1 Å². The molecule has 0 aliphatic carbocycles. The summed E-state index contributed by atoms with van der Waals surface area (Å²) in [6, 6.07) is 17.8. The predicted molar refractivity (Wildman–Crippen MR) is 138 cm³/mol. The molecule has 0 aromatic heterocycles. The summed E-state index contributed by atoms with van der Waals surface area (Å²) in [7, 11) is 0. The van der Waals surface area contributed by atoms with E-state index >= 15 is 0 Å². The van der Waals surface area contributed by atoms with E-state index in [9.17, 15) is 35.9 Å². The van der Waals surface area contributed by atoms with Crippen molar-refractivity contribution in [3.05, 3.63) is 107 Å². The minimum atomic E-state index is -4.98. The largest absolute Gasteiger partial charge is 0.416 e. The van der Waals surface area contributed by atoms with Crippen LogP contribution in [0.5, 0.6) is 0 Å². The summed E-state index contributed by atoms with van der Waals surface area (Å²) in [5.74, 6) is -0.750. The van der Waals surface area contributed by atoms with E-state index < -0.39 is 42.0 Å². The zero-order valence-electron chi connectivity index (χ0n) is 21.2. The van der Waals surface area contributed by atoms with Crippen LogP contribution < -0.4 is 10.6 Å². The summed E-state index contributed by atoms with van der Waals surface area (Å²) in [5, 5.41) is 5.53. The molecular weight excluding hydrogens is 536 g/mol. The molecule has 1 unspecified atom stereocenters. The highest BCUT2D eigenvalue weighted by atomic mass is 19.4. The standard InChI is InChI=1S/C29H27F6N3O2.H2/c30-28(31,32)22-15-19(16-23(17-22)29(33,34)35)18-36-27(40)25(20-7-3-1-4-8-20)38-13-11-24(12-14-38)37-26(39)21-9-5-2-6-10-21;/h1-10,15-17,24-25H,11-14,18H2,(H,36,40)(H,37,39);1H. The first-order valence-corrected chi connectivity index (χ1v) is 12.6. The zero-order chi connectivity index (χ0) is 28.9. The summed E-state index contributed by atoms with van der Waals surface area (Å²) in [4.78, 5) is 27.8. The molecule has 214 valence electrons. The van der Waals surface area contributed by atoms with Gasteiger partial charge in [0.1, 0.15) is 6.04 Å². The van der Waals surface area contributed by atoms with E-state index in [2.05, 4.69) is 10.6 Å². The van der Waals surface area contributed by atoms with Crippen molar-refractivity contribution in [2.45, 2.75) is 43.8 Å². The third-order valence-corrected chi connectivity index (χ3v) is 6.74. The van der Waals surface area contributed by atoms with Gasteiger partial charge in [-0.2, -0.15) is 26.3 Å². The number of benzene rings is 3. The molecule has 11 heteroatoms. The van der Waals surface area contributed by atoms with Gasteiger partial charge >= 0.3 is 12.4 Å². The van der Waals surface area contributed by atoms with Gasteiger partial charge in [-0.1, -0.05) is 48.5 Å².